The third-order valence-corrected chi connectivity index (χ3v) is 4.87. The van der Waals surface area contributed by atoms with Crippen LogP contribution in [0.1, 0.15) is 5.56 Å². The van der Waals surface area contributed by atoms with Crippen molar-refractivity contribution in [2.75, 3.05) is 0 Å². The Morgan fingerprint density at radius 3 is 1.88 bits per heavy atom. The average molecular weight is 378 g/mol. The monoisotopic (exact) mass is 378 g/mol. The first-order chi connectivity index (χ1) is 12.3. The molecule has 3 aromatic carbocycles. The molecule has 0 saturated carbocycles. The van der Waals surface area contributed by atoms with E-state index in [1.807, 2.05) is 0 Å². The van der Waals surface area contributed by atoms with Gasteiger partial charge < -0.3 is 4.18 Å². The Hall–Kier alpha value is -2.80. The molecule has 0 aliphatic heterocycles. The van der Waals surface area contributed by atoms with Gasteiger partial charge in [-0.1, -0.05) is 60.7 Å². The van der Waals surface area contributed by atoms with Crippen LogP contribution in [-0.4, -0.2) is 8.42 Å². The molecule has 3 aromatic rings. The van der Waals surface area contributed by atoms with E-state index in [-0.39, 0.29) is 10.5 Å². The predicted molar refractivity (Wildman–Crippen MR) is 91.1 cm³/mol. The van der Waals surface area contributed by atoms with Gasteiger partial charge in [-0.05, 0) is 29.3 Å². The maximum Gasteiger partial charge on any atom is 0.420 e. The molecule has 3 rings (SSSR count). The number of hydrogen-bond donors (Lipinski definition) is 0. The summed E-state index contributed by atoms with van der Waals surface area (Å²) in [6.45, 7) is 0. The summed E-state index contributed by atoms with van der Waals surface area (Å²) in [5.41, 5.74) is -0.980. The van der Waals surface area contributed by atoms with Crippen molar-refractivity contribution >= 4 is 10.1 Å². The molecule has 134 valence electrons. The minimum Gasteiger partial charge on any atom is -0.378 e. The highest BCUT2D eigenvalue weighted by Gasteiger charge is 2.38. The van der Waals surface area contributed by atoms with E-state index in [0.717, 1.165) is 6.07 Å². The summed E-state index contributed by atoms with van der Waals surface area (Å²) in [5, 5.41) is 0. The van der Waals surface area contributed by atoms with Crippen LogP contribution in [0.4, 0.5) is 13.2 Å². The Morgan fingerprint density at radius 2 is 1.31 bits per heavy atom. The van der Waals surface area contributed by atoms with E-state index in [0.29, 0.717) is 5.56 Å². The molecular weight excluding hydrogens is 365 g/mol. The van der Waals surface area contributed by atoms with Crippen LogP contribution in [-0.2, 0) is 16.3 Å². The molecule has 0 fully saturated rings. The van der Waals surface area contributed by atoms with Crippen molar-refractivity contribution in [3.8, 4) is 16.9 Å². The van der Waals surface area contributed by atoms with Gasteiger partial charge in [-0.3, -0.25) is 0 Å². The number of hydrogen-bond acceptors (Lipinski definition) is 3. The maximum atomic E-state index is 13.7. The van der Waals surface area contributed by atoms with Gasteiger partial charge >= 0.3 is 16.3 Å². The molecule has 0 spiro atoms. The van der Waals surface area contributed by atoms with Gasteiger partial charge in [0.25, 0.3) is 0 Å². The molecule has 0 N–H and O–H groups in total. The number of rotatable bonds is 4. The van der Waals surface area contributed by atoms with Crippen molar-refractivity contribution in [2.45, 2.75) is 11.1 Å². The number of alkyl halides is 3. The molecular formula is C19H13F3O3S. The molecule has 0 heterocycles. The molecule has 3 nitrogen and oxygen atoms in total. The zero-order valence-electron chi connectivity index (χ0n) is 13.3. The lowest BCUT2D eigenvalue weighted by Gasteiger charge is -2.17. The second kappa shape index (κ2) is 6.84. The van der Waals surface area contributed by atoms with Crippen molar-refractivity contribution in [3.05, 3.63) is 84.4 Å². The van der Waals surface area contributed by atoms with Crippen molar-refractivity contribution in [1.82, 2.24) is 0 Å². The van der Waals surface area contributed by atoms with E-state index in [1.165, 1.54) is 48.5 Å². The predicted octanol–water partition coefficient (Wildman–Crippen LogP) is 5.14. The molecule has 0 bridgehead atoms. The van der Waals surface area contributed by atoms with Gasteiger partial charge in [-0.25, -0.2) is 0 Å². The summed E-state index contributed by atoms with van der Waals surface area (Å²) in [7, 11) is -4.40. The molecule has 0 radical (unpaired) electrons. The van der Waals surface area contributed by atoms with Crippen LogP contribution in [0.3, 0.4) is 0 Å². The Labute approximate surface area is 148 Å². The largest absolute Gasteiger partial charge is 0.420 e. The van der Waals surface area contributed by atoms with Gasteiger partial charge in [0.1, 0.15) is 10.5 Å². The lowest BCUT2D eigenvalue weighted by molar-refractivity contribution is -0.137. The highest BCUT2D eigenvalue weighted by Crippen LogP contribution is 2.43. The maximum absolute atomic E-state index is 13.7. The molecule has 26 heavy (non-hydrogen) atoms. The second-order valence-electron chi connectivity index (χ2n) is 5.39. The summed E-state index contributed by atoms with van der Waals surface area (Å²) in [6.07, 6.45) is -4.80. The van der Waals surface area contributed by atoms with Crippen molar-refractivity contribution < 1.29 is 25.8 Å². The lowest BCUT2D eigenvalue weighted by atomic mass is 9.98. The summed E-state index contributed by atoms with van der Waals surface area (Å²) in [4.78, 5) is -0.224. The topological polar surface area (TPSA) is 43.4 Å². The minimum atomic E-state index is -4.80. The first-order valence-electron chi connectivity index (χ1n) is 7.54. The van der Waals surface area contributed by atoms with Crippen LogP contribution < -0.4 is 4.18 Å². The van der Waals surface area contributed by atoms with Gasteiger partial charge in [-0.15, -0.1) is 0 Å². The summed E-state index contributed by atoms with van der Waals surface area (Å²) in [6, 6.07) is 18.5. The fourth-order valence-corrected chi connectivity index (χ4v) is 3.47. The molecule has 0 saturated heterocycles. The molecule has 0 amide bonds. The van der Waals surface area contributed by atoms with E-state index in [1.54, 1.807) is 24.3 Å². The standard InChI is InChI=1S/C19H13F3O3S/c20-19(21,22)18-16(14-8-3-1-4-9-14)12-7-13-17(18)25-26(23,24)15-10-5-2-6-11-15/h1-13H. The third kappa shape index (κ3) is 3.72. The molecule has 0 unspecified atom stereocenters. The summed E-state index contributed by atoms with van der Waals surface area (Å²) >= 11 is 0. The van der Waals surface area contributed by atoms with Gasteiger partial charge in [0.15, 0.2) is 5.75 Å². The molecule has 0 aliphatic carbocycles. The minimum absolute atomic E-state index is 0.154. The number of benzene rings is 3. The summed E-state index contributed by atoms with van der Waals surface area (Å²) in [5.74, 6) is -0.761. The average Bonchev–Trinajstić information content (AvgIpc) is 2.62. The Kier molecular flexibility index (Phi) is 4.73. The van der Waals surface area contributed by atoms with E-state index in [2.05, 4.69) is 0 Å². The molecule has 0 aliphatic rings. The SMILES string of the molecule is O=S(=O)(Oc1cccc(-c2ccccc2)c1C(F)(F)F)c1ccccc1. The van der Waals surface area contributed by atoms with Crippen molar-refractivity contribution in [1.29, 1.82) is 0 Å². The number of halogens is 3. The highest BCUT2D eigenvalue weighted by atomic mass is 32.2. The van der Waals surface area contributed by atoms with Gasteiger partial charge in [0.05, 0.1) is 0 Å². The zero-order valence-corrected chi connectivity index (χ0v) is 14.1. The van der Waals surface area contributed by atoms with Crippen molar-refractivity contribution in [2.24, 2.45) is 0 Å². The first kappa shape index (κ1) is 18.0. The Morgan fingerprint density at radius 1 is 0.731 bits per heavy atom. The Balaban J connectivity index is 2.14. The van der Waals surface area contributed by atoms with E-state index in [9.17, 15) is 21.6 Å². The fraction of sp³-hybridized carbons (Fsp3) is 0.0526. The van der Waals surface area contributed by atoms with Crippen LogP contribution in [0.25, 0.3) is 11.1 Å². The smallest absolute Gasteiger partial charge is 0.378 e. The zero-order chi connectivity index (χ0) is 18.8. The van der Waals surface area contributed by atoms with E-state index >= 15 is 0 Å². The lowest BCUT2D eigenvalue weighted by Crippen LogP contribution is -2.15. The van der Waals surface area contributed by atoms with Crippen LogP contribution in [0.15, 0.2) is 83.8 Å². The molecule has 0 aromatic heterocycles. The van der Waals surface area contributed by atoms with Gasteiger partial charge in [0, 0.05) is 0 Å². The fourth-order valence-electron chi connectivity index (χ4n) is 2.50. The van der Waals surface area contributed by atoms with Gasteiger partial charge in [-0.2, -0.15) is 21.6 Å². The van der Waals surface area contributed by atoms with Crippen LogP contribution in [0.2, 0.25) is 0 Å². The van der Waals surface area contributed by atoms with Crippen LogP contribution >= 0.6 is 0 Å². The second-order valence-corrected chi connectivity index (χ2v) is 6.94. The highest BCUT2D eigenvalue weighted by molar-refractivity contribution is 7.87. The van der Waals surface area contributed by atoms with Crippen molar-refractivity contribution in [3.63, 3.8) is 0 Å². The quantitative estimate of drug-likeness (QED) is 0.591. The van der Waals surface area contributed by atoms with E-state index in [4.69, 9.17) is 4.18 Å². The van der Waals surface area contributed by atoms with Crippen LogP contribution in [0, 0.1) is 0 Å². The summed E-state index contributed by atoms with van der Waals surface area (Å²) < 4.78 is 70.6. The Bertz CT molecular complexity index is 999. The third-order valence-electron chi connectivity index (χ3n) is 3.63. The first-order valence-corrected chi connectivity index (χ1v) is 8.95. The molecule has 0 atom stereocenters. The molecule has 7 heteroatoms. The van der Waals surface area contributed by atoms with Crippen LogP contribution in [0.5, 0.6) is 5.75 Å². The van der Waals surface area contributed by atoms with Gasteiger partial charge in [0.2, 0.25) is 0 Å². The van der Waals surface area contributed by atoms with E-state index < -0.39 is 27.6 Å². The normalized spacial score (nSPS) is 12.0.